The van der Waals surface area contributed by atoms with Gasteiger partial charge in [-0.2, -0.15) is 4.68 Å². The van der Waals surface area contributed by atoms with Crippen LogP contribution in [0.3, 0.4) is 0 Å². The molecule has 1 aliphatic heterocycles. The molecule has 0 spiro atoms. The first kappa shape index (κ1) is 19.6. The number of hydrogen-bond acceptors (Lipinski definition) is 6. The number of nitrogens with one attached hydrogen (secondary N) is 1. The molecule has 1 aromatic carbocycles. The molecule has 2 amide bonds. The molecule has 1 fully saturated rings. The predicted octanol–water partition coefficient (Wildman–Crippen LogP) is 2.44. The van der Waals surface area contributed by atoms with Crippen LogP contribution in [0.4, 0.5) is 4.39 Å². The Kier molecular flexibility index (Phi) is 5.37. The smallest absolute Gasteiger partial charge is 0.291 e. The van der Waals surface area contributed by atoms with Crippen molar-refractivity contribution in [2.45, 2.75) is 18.1 Å². The number of carbonyl (C=O) groups excluding carboxylic acids is 2. The molecule has 0 radical (unpaired) electrons. The topological polar surface area (TPSA) is 84.3 Å². The Morgan fingerprint density at radius 2 is 2.07 bits per heavy atom. The summed E-state index contributed by atoms with van der Waals surface area (Å²) in [5.41, 5.74) is 3.67. The molecule has 1 aliphatic rings. The number of nitrogens with zero attached hydrogens (tertiary/aromatic N) is 3. The number of carbonyl (C=O) groups is 2. The normalized spacial score (nSPS) is 16.6. The first-order valence-corrected chi connectivity index (χ1v) is 10.9. The molecular weight excluding hydrogens is 415 g/mol. The van der Waals surface area contributed by atoms with Crippen molar-refractivity contribution in [3.63, 3.8) is 0 Å². The lowest BCUT2D eigenvalue weighted by Crippen LogP contribution is -2.38. The third-order valence-electron chi connectivity index (χ3n) is 4.73. The number of thiophene rings is 1. The lowest BCUT2D eigenvalue weighted by molar-refractivity contribution is -0.128. The fraction of sp³-hybridized carbons (Fsp3) is 0.263. The summed E-state index contributed by atoms with van der Waals surface area (Å²) in [7, 11) is 0. The summed E-state index contributed by atoms with van der Waals surface area (Å²) >= 11 is 2.51. The van der Waals surface area contributed by atoms with Gasteiger partial charge in [0.15, 0.2) is 5.16 Å². The third kappa shape index (κ3) is 3.90. The fourth-order valence-corrected chi connectivity index (χ4v) is 4.50. The lowest BCUT2D eigenvalue weighted by atomic mass is 10.1. The molecule has 1 N–H and O–H groups in total. The lowest BCUT2D eigenvalue weighted by Gasteiger charge is -2.17. The minimum absolute atomic E-state index is 0.0606. The number of aromatic nitrogens is 2. The molecule has 150 valence electrons. The number of amides is 2. The van der Waals surface area contributed by atoms with Crippen LogP contribution in [0, 0.1) is 11.7 Å². The van der Waals surface area contributed by atoms with Gasteiger partial charge in [-0.25, -0.2) is 9.37 Å². The summed E-state index contributed by atoms with van der Waals surface area (Å²) < 4.78 is 14.7. The summed E-state index contributed by atoms with van der Waals surface area (Å²) in [4.78, 5) is 43.8. The highest BCUT2D eigenvalue weighted by Gasteiger charge is 2.34. The highest BCUT2D eigenvalue weighted by atomic mass is 32.2. The molecule has 3 aromatic rings. The maximum absolute atomic E-state index is 13.1. The van der Waals surface area contributed by atoms with Crippen LogP contribution in [0.5, 0.6) is 0 Å². The number of rotatable bonds is 5. The van der Waals surface area contributed by atoms with Gasteiger partial charge >= 0.3 is 0 Å². The van der Waals surface area contributed by atoms with Crippen molar-refractivity contribution in [2.75, 3.05) is 18.2 Å². The highest BCUT2D eigenvalue weighted by molar-refractivity contribution is 7.98. The van der Waals surface area contributed by atoms with Crippen LogP contribution in [0.2, 0.25) is 0 Å². The summed E-state index contributed by atoms with van der Waals surface area (Å²) in [5.74, 6) is -1.48. The molecule has 4 rings (SSSR count). The average molecular weight is 433 g/mol. The minimum Gasteiger partial charge on any atom is -0.338 e. The Bertz CT molecular complexity index is 1140. The maximum atomic E-state index is 13.1. The van der Waals surface area contributed by atoms with Gasteiger partial charge in [0.05, 0.1) is 11.4 Å². The first-order chi connectivity index (χ1) is 14.0. The zero-order chi connectivity index (χ0) is 20.5. The molecule has 1 atom stereocenters. The van der Waals surface area contributed by atoms with Gasteiger partial charge in [-0.3, -0.25) is 19.8 Å². The molecule has 0 saturated carbocycles. The van der Waals surface area contributed by atoms with Crippen LogP contribution in [0.25, 0.3) is 10.2 Å². The van der Waals surface area contributed by atoms with Gasteiger partial charge in [-0.1, -0.05) is 23.9 Å². The first-order valence-electron chi connectivity index (χ1n) is 8.83. The van der Waals surface area contributed by atoms with Gasteiger partial charge in [0.25, 0.3) is 5.56 Å². The Morgan fingerprint density at radius 3 is 2.79 bits per heavy atom. The zero-order valence-electron chi connectivity index (χ0n) is 15.4. The molecule has 29 heavy (non-hydrogen) atoms. The van der Waals surface area contributed by atoms with Crippen molar-refractivity contribution in [1.29, 1.82) is 0 Å². The van der Waals surface area contributed by atoms with Crippen LogP contribution in [-0.4, -0.2) is 39.2 Å². The van der Waals surface area contributed by atoms with E-state index < -0.39 is 11.8 Å². The van der Waals surface area contributed by atoms with Crippen LogP contribution in [-0.2, 0) is 16.1 Å². The molecule has 0 bridgehead atoms. The predicted molar refractivity (Wildman–Crippen MR) is 110 cm³/mol. The third-order valence-corrected chi connectivity index (χ3v) is 6.26. The number of fused-ring (bicyclic) bond motifs is 1. The summed E-state index contributed by atoms with van der Waals surface area (Å²) in [6.45, 7) is 0.543. The summed E-state index contributed by atoms with van der Waals surface area (Å²) in [6.07, 6.45) is 1.83. The number of halogens is 1. The van der Waals surface area contributed by atoms with E-state index in [0.717, 1.165) is 10.2 Å². The largest absolute Gasteiger partial charge is 0.338 e. The van der Waals surface area contributed by atoms with Crippen molar-refractivity contribution in [3.8, 4) is 0 Å². The van der Waals surface area contributed by atoms with Crippen molar-refractivity contribution in [3.05, 3.63) is 57.4 Å². The molecule has 3 heterocycles. The van der Waals surface area contributed by atoms with E-state index in [-0.39, 0.29) is 30.2 Å². The van der Waals surface area contributed by atoms with E-state index in [1.807, 2.05) is 0 Å². The zero-order valence-corrected chi connectivity index (χ0v) is 17.1. The summed E-state index contributed by atoms with van der Waals surface area (Å²) in [6, 6.07) is 7.66. The van der Waals surface area contributed by atoms with Gasteiger partial charge in [-0.15, -0.1) is 11.3 Å². The van der Waals surface area contributed by atoms with Gasteiger partial charge in [0, 0.05) is 19.5 Å². The fourth-order valence-electron chi connectivity index (χ4n) is 3.24. The van der Waals surface area contributed by atoms with Gasteiger partial charge in [0.1, 0.15) is 10.5 Å². The van der Waals surface area contributed by atoms with Crippen molar-refractivity contribution in [2.24, 2.45) is 5.92 Å². The van der Waals surface area contributed by atoms with E-state index in [4.69, 9.17) is 0 Å². The molecule has 1 saturated heterocycles. The second-order valence-corrected chi connectivity index (χ2v) is 8.34. The molecule has 1 unspecified atom stereocenters. The second kappa shape index (κ2) is 7.96. The molecule has 2 aromatic heterocycles. The SMILES string of the molecule is CSc1nc2ccsc2c(=O)n1NC(=O)C1CC(=O)N(Cc2ccc(F)cc2)C1. The van der Waals surface area contributed by atoms with Gasteiger partial charge in [-0.05, 0) is 35.4 Å². The van der Waals surface area contributed by atoms with Gasteiger partial charge < -0.3 is 4.90 Å². The van der Waals surface area contributed by atoms with E-state index >= 15 is 0 Å². The number of likely N-dealkylation sites (tertiary alicyclic amines) is 1. The molecular formula is C19H17FN4O3S2. The maximum Gasteiger partial charge on any atom is 0.291 e. The number of benzene rings is 1. The highest BCUT2D eigenvalue weighted by Crippen LogP contribution is 2.22. The van der Waals surface area contributed by atoms with E-state index in [2.05, 4.69) is 10.4 Å². The van der Waals surface area contributed by atoms with Crippen molar-refractivity contribution in [1.82, 2.24) is 14.6 Å². The van der Waals surface area contributed by atoms with Crippen LogP contribution < -0.4 is 11.0 Å². The van der Waals surface area contributed by atoms with E-state index in [1.54, 1.807) is 34.7 Å². The Labute approximate surface area is 173 Å². The van der Waals surface area contributed by atoms with Crippen LogP contribution in [0.1, 0.15) is 12.0 Å². The molecule has 10 heteroatoms. The monoisotopic (exact) mass is 432 g/mol. The second-order valence-electron chi connectivity index (χ2n) is 6.65. The van der Waals surface area contributed by atoms with Crippen LogP contribution in [0.15, 0.2) is 45.7 Å². The van der Waals surface area contributed by atoms with Crippen molar-refractivity contribution < 1.29 is 14.0 Å². The Balaban J connectivity index is 1.50. The quantitative estimate of drug-likeness (QED) is 0.495. The van der Waals surface area contributed by atoms with Gasteiger partial charge in [0.2, 0.25) is 11.8 Å². The average Bonchev–Trinajstić information content (AvgIpc) is 3.32. The Hall–Kier alpha value is -2.72. The molecule has 7 nitrogen and oxygen atoms in total. The van der Waals surface area contributed by atoms with Crippen molar-refractivity contribution >= 4 is 45.1 Å². The number of hydrogen-bond donors (Lipinski definition) is 1. The van der Waals surface area contributed by atoms with E-state index in [1.165, 1.54) is 35.2 Å². The van der Waals surface area contributed by atoms with E-state index in [9.17, 15) is 18.8 Å². The minimum atomic E-state index is -0.580. The Morgan fingerprint density at radius 1 is 1.31 bits per heavy atom. The summed E-state index contributed by atoms with van der Waals surface area (Å²) in [5, 5.41) is 2.15. The standard InChI is InChI=1S/C19H17FN4O3S2/c1-28-19-21-14-6-7-29-16(14)18(27)24(19)22-17(26)12-8-15(25)23(10-12)9-11-2-4-13(20)5-3-11/h2-7,12H,8-10H2,1H3,(H,22,26). The molecule has 0 aliphatic carbocycles. The van der Waals surface area contributed by atoms with E-state index in [0.29, 0.717) is 21.9 Å². The number of thioether (sulfide) groups is 1. The van der Waals surface area contributed by atoms with Crippen LogP contribution >= 0.6 is 23.1 Å².